The van der Waals surface area contributed by atoms with E-state index in [0.717, 1.165) is 58.3 Å². The van der Waals surface area contributed by atoms with Gasteiger partial charge in [-0.05, 0) is 44.6 Å². The molecule has 0 saturated carbocycles. The lowest BCUT2D eigenvalue weighted by atomic mass is 10.1. The molecule has 3 aliphatic rings. The molecule has 3 N–H and O–H groups in total. The van der Waals surface area contributed by atoms with E-state index in [1.165, 1.54) is 18.7 Å². The zero-order valence-corrected chi connectivity index (χ0v) is 20.0. The van der Waals surface area contributed by atoms with Gasteiger partial charge in [0.05, 0.1) is 5.69 Å². The van der Waals surface area contributed by atoms with Crippen LogP contribution in [0.15, 0.2) is 45.6 Å². The number of ether oxygens (including phenoxy) is 1. The van der Waals surface area contributed by atoms with E-state index in [0.29, 0.717) is 34.3 Å². The second-order valence-electron chi connectivity index (χ2n) is 9.46. The Bertz CT molecular complexity index is 1350. The summed E-state index contributed by atoms with van der Waals surface area (Å²) in [5.41, 5.74) is 8.11. The molecule has 2 fully saturated rings. The van der Waals surface area contributed by atoms with Gasteiger partial charge in [-0.25, -0.2) is 4.98 Å². The summed E-state index contributed by atoms with van der Waals surface area (Å²) in [5.74, 6) is 0.0750. The van der Waals surface area contributed by atoms with Gasteiger partial charge in [0.15, 0.2) is 11.4 Å². The molecule has 0 radical (unpaired) electrons. The number of nitrogens with one attached hydrogen (secondary N) is 1. The molecule has 1 amide bonds. The first-order valence-corrected chi connectivity index (χ1v) is 12.5. The average Bonchev–Trinajstić information content (AvgIpc) is 3.54. The summed E-state index contributed by atoms with van der Waals surface area (Å²) in [6, 6.07) is 5.54. The Labute approximate surface area is 207 Å². The van der Waals surface area contributed by atoms with Gasteiger partial charge in [-0.15, -0.1) is 0 Å². The van der Waals surface area contributed by atoms with Crippen LogP contribution >= 0.6 is 0 Å². The minimum Gasteiger partial charge on any atom is -0.471 e. The number of H-pyrrole nitrogens is 1. The number of primary amides is 1. The molecule has 1 unspecified atom stereocenters. The predicted molar refractivity (Wildman–Crippen MR) is 135 cm³/mol. The van der Waals surface area contributed by atoms with E-state index >= 15 is 0 Å². The Morgan fingerprint density at radius 2 is 1.72 bits per heavy atom. The molecule has 3 aromatic rings. The number of anilines is 3. The fourth-order valence-electron chi connectivity index (χ4n) is 5.18. The normalized spacial score (nSPS) is 20.5. The number of aromatic amines is 1. The molecule has 0 aromatic carbocycles. The van der Waals surface area contributed by atoms with Gasteiger partial charge in [0.1, 0.15) is 12.0 Å². The molecule has 188 valence electrons. The maximum Gasteiger partial charge on any atom is 0.299 e. The van der Waals surface area contributed by atoms with Crippen LogP contribution in [-0.2, 0) is 9.53 Å². The Balaban J connectivity index is 1.49. The molecular formula is C25H29N7O4. The molecule has 0 aliphatic carbocycles. The number of oxazole rings is 1. The fourth-order valence-corrected chi connectivity index (χ4v) is 5.18. The SMILES string of the molecule is NC(=O)C1=COC(c2ccc(=O)[nH]c2)N1c1cc2oc(N3CCCCC3)nc2nc1N1CCCCC1. The van der Waals surface area contributed by atoms with Crippen molar-refractivity contribution in [2.24, 2.45) is 5.73 Å². The van der Waals surface area contributed by atoms with Gasteiger partial charge in [0.2, 0.25) is 17.4 Å². The first-order chi connectivity index (χ1) is 17.6. The van der Waals surface area contributed by atoms with E-state index in [4.69, 9.17) is 24.9 Å². The molecule has 0 spiro atoms. The lowest BCUT2D eigenvalue weighted by molar-refractivity contribution is -0.114. The van der Waals surface area contributed by atoms with E-state index in [-0.39, 0.29) is 11.3 Å². The number of aromatic nitrogens is 3. The molecule has 6 heterocycles. The third-order valence-electron chi connectivity index (χ3n) is 7.02. The van der Waals surface area contributed by atoms with Crippen LogP contribution in [0.25, 0.3) is 11.2 Å². The van der Waals surface area contributed by atoms with Crippen LogP contribution in [-0.4, -0.2) is 47.0 Å². The zero-order chi connectivity index (χ0) is 24.6. The number of rotatable bonds is 5. The van der Waals surface area contributed by atoms with Crippen LogP contribution < -0.4 is 26.0 Å². The summed E-state index contributed by atoms with van der Waals surface area (Å²) in [6.45, 7) is 3.49. The molecule has 0 bridgehead atoms. The van der Waals surface area contributed by atoms with Crippen LogP contribution in [0.2, 0.25) is 0 Å². The van der Waals surface area contributed by atoms with Crippen molar-refractivity contribution < 1.29 is 13.9 Å². The first-order valence-electron chi connectivity index (χ1n) is 12.5. The van der Waals surface area contributed by atoms with E-state index < -0.39 is 12.1 Å². The fraction of sp³-hybridized carbons (Fsp3) is 0.440. The largest absolute Gasteiger partial charge is 0.471 e. The summed E-state index contributed by atoms with van der Waals surface area (Å²) < 4.78 is 12.1. The lowest BCUT2D eigenvalue weighted by Gasteiger charge is -2.33. The molecule has 1 atom stereocenters. The highest BCUT2D eigenvalue weighted by atomic mass is 16.5. The maximum atomic E-state index is 12.5. The second kappa shape index (κ2) is 9.21. The number of piperidine rings is 2. The standard InChI is InChI=1S/C25H29N7O4/c26-21(34)18-15-35-24(16-7-8-20(33)27-14-16)32(18)17-13-19-22(28-23(17)30-9-3-1-4-10-30)29-25(36-19)31-11-5-2-6-12-31/h7-8,13-15,24H,1-6,9-12H2,(H2,26,34)(H,27,33). The lowest BCUT2D eigenvalue weighted by Crippen LogP contribution is -2.35. The maximum absolute atomic E-state index is 12.5. The van der Waals surface area contributed by atoms with Crippen molar-refractivity contribution in [3.63, 3.8) is 0 Å². The Kier molecular flexibility index (Phi) is 5.74. The summed E-state index contributed by atoms with van der Waals surface area (Å²) in [5, 5.41) is 0. The minimum absolute atomic E-state index is 0.196. The summed E-state index contributed by atoms with van der Waals surface area (Å²) in [7, 11) is 0. The van der Waals surface area contributed by atoms with Gasteiger partial charge in [0, 0.05) is 50.1 Å². The van der Waals surface area contributed by atoms with Gasteiger partial charge in [0.25, 0.3) is 11.9 Å². The first kappa shape index (κ1) is 22.4. The van der Waals surface area contributed by atoms with Crippen LogP contribution in [0, 0.1) is 0 Å². The Morgan fingerprint density at radius 3 is 2.39 bits per heavy atom. The Morgan fingerprint density at radius 1 is 1.00 bits per heavy atom. The third kappa shape index (κ3) is 4.04. The molecule has 11 nitrogen and oxygen atoms in total. The van der Waals surface area contributed by atoms with Crippen molar-refractivity contribution in [1.82, 2.24) is 15.0 Å². The smallest absolute Gasteiger partial charge is 0.299 e. The highest BCUT2D eigenvalue weighted by Crippen LogP contribution is 2.43. The van der Waals surface area contributed by atoms with Crippen molar-refractivity contribution in [2.75, 3.05) is 40.9 Å². The van der Waals surface area contributed by atoms with E-state index in [9.17, 15) is 9.59 Å². The van der Waals surface area contributed by atoms with Crippen molar-refractivity contribution >= 4 is 34.7 Å². The number of carbonyl (C=O) groups excluding carboxylic acids is 1. The third-order valence-corrected chi connectivity index (χ3v) is 7.02. The molecule has 3 aliphatic heterocycles. The van der Waals surface area contributed by atoms with Crippen molar-refractivity contribution in [3.05, 3.63) is 52.3 Å². The zero-order valence-electron chi connectivity index (χ0n) is 20.0. The summed E-state index contributed by atoms with van der Waals surface area (Å²) >= 11 is 0. The van der Waals surface area contributed by atoms with Crippen molar-refractivity contribution in [2.45, 2.75) is 44.8 Å². The second-order valence-corrected chi connectivity index (χ2v) is 9.46. The summed E-state index contributed by atoms with van der Waals surface area (Å²) in [4.78, 5) is 42.6. The molecule has 6 rings (SSSR count). The van der Waals surface area contributed by atoms with Gasteiger partial charge >= 0.3 is 0 Å². The average molecular weight is 492 g/mol. The number of carbonyl (C=O) groups is 1. The summed E-state index contributed by atoms with van der Waals surface area (Å²) in [6.07, 6.45) is 8.92. The van der Waals surface area contributed by atoms with Crippen molar-refractivity contribution in [1.29, 1.82) is 0 Å². The Hall–Kier alpha value is -4.02. The monoisotopic (exact) mass is 491 g/mol. The highest BCUT2D eigenvalue weighted by Gasteiger charge is 2.37. The van der Waals surface area contributed by atoms with Gasteiger partial charge in [-0.1, -0.05) is 0 Å². The topological polar surface area (TPSA) is 134 Å². The van der Waals surface area contributed by atoms with E-state index in [1.807, 2.05) is 6.07 Å². The number of amides is 1. The van der Waals surface area contributed by atoms with Gasteiger partial charge in [-0.2, -0.15) is 4.98 Å². The molecule has 3 aromatic heterocycles. The number of nitrogens with two attached hydrogens (primary N) is 1. The quantitative estimate of drug-likeness (QED) is 0.552. The van der Waals surface area contributed by atoms with E-state index in [1.54, 1.807) is 17.2 Å². The van der Waals surface area contributed by atoms with Crippen molar-refractivity contribution in [3.8, 4) is 0 Å². The van der Waals surface area contributed by atoms with E-state index in [2.05, 4.69) is 14.8 Å². The molecule has 2 saturated heterocycles. The molecular weight excluding hydrogens is 462 g/mol. The number of hydrogen-bond acceptors (Lipinski definition) is 9. The number of nitrogens with zero attached hydrogens (tertiary/aromatic N) is 5. The molecule has 11 heteroatoms. The van der Waals surface area contributed by atoms with Crippen LogP contribution in [0.4, 0.5) is 17.5 Å². The minimum atomic E-state index is -0.711. The van der Waals surface area contributed by atoms with Gasteiger partial charge in [-0.3, -0.25) is 14.5 Å². The molecule has 36 heavy (non-hydrogen) atoms. The van der Waals surface area contributed by atoms with Gasteiger partial charge < -0.3 is 29.7 Å². The van der Waals surface area contributed by atoms with Crippen LogP contribution in [0.3, 0.4) is 0 Å². The highest BCUT2D eigenvalue weighted by molar-refractivity contribution is 5.98. The van der Waals surface area contributed by atoms with Crippen LogP contribution in [0.5, 0.6) is 0 Å². The van der Waals surface area contributed by atoms with Crippen LogP contribution in [0.1, 0.15) is 50.3 Å². The number of pyridine rings is 2. The predicted octanol–water partition coefficient (Wildman–Crippen LogP) is 2.75. The number of fused-ring (bicyclic) bond motifs is 1. The number of hydrogen-bond donors (Lipinski definition) is 2.